The average molecular weight is 315 g/mol. The van der Waals surface area contributed by atoms with Crippen molar-refractivity contribution in [2.24, 2.45) is 0 Å². The lowest BCUT2D eigenvalue weighted by atomic mass is 10.3. The van der Waals surface area contributed by atoms with Gasteiger partial charge in [-0.1, -0.05) is 0 Å². The van der Waals surface area contributed by atoms with Gasteiger partial charge < -0.3 is 10.1 Å². The minimum atomic E-state index is -0.577. The highest BCUT2D eigenvalue weighted by Crippen LogP contribution is 2.25. The van der Waals surface area contributed by atoms with Crippen LogP contribution >= 0.6 is 15.9 Å². The predicted molar refractivity (Wildman–Crippen MR) is 68.1 cm³/mol. The summed E-state index contributed by atoms with van der Waals surface area (Å²) in [5.74, 6) is -0.673. The summed E-state index contributed by atoms with van der Waals surface area (Å²) >= 11 is 3.09. The maximum Gasteiger partial charge on any atom is 0.166 e. The first-order chi connectivity index (χ1) is 8.60. The molecule has 18 heavy (non-hydrogen) atoms. The second-order valence-electron chi connectivity index (χ2n) is 3.45. The third-order valence-electron chi connectivity index (χ3n) is 2.23. The van der Waals surface area contributed by atoms with E-state index in [0.717, 1.165) is 0 Å². The van der Waals surface area contributed by atoms with Crippen molar-refractivity contribution >= 4 is 27.4 Å². The monoisotopic (exact) mass is 314 g/mol. The van der Waals surface area contributed by atoms with Crippen molar-refractivity contribution in [3.05, 3.63) is 46.6 Å². The van der Waals surface area contributed by atoms with E-state index in [2.05, 4.69) is 26.2 Å². The first kappa shape index (κ1) is 12.8. The molecule has 2 rings (SSSR count). The highest BCUT2D eigenvalue weighted by molar-refractivity contribution is 9.10. The van der Waals surface area contributed by atoms with Gasteiger partial charge in [-0.05, 0) is 34.1 Å². The summed E-state index contributed by atoms with van der Waals surface area (Å²) < 4.78 is 32.5. The molecule has 0 saturated carbocycles. The number of benzene rings is 1. The first-order valence-electron chi connectivity index (χ1n) is 5.02. The molecule has 1 aromatic carbocycles. The molecule has 94 valence electrons. The SMILES string of the molecule is COc1ccc(F)c(Nc2ncc(Br)cc2F)c1. The van der Waals surface area contributed by atoms with Crippen LogP contribution in [0.2, 0.25) is 0 Å². The summed E-state index contributed by atoms with van der Waals surface area (Å²) in [6.45, 7) is 0. The van der Waals surface area contributed by atoms with Crippen molar-refractivity contribution in [2.45, 2.75) is 0 Å². The zero-order valence-electron chi connectivity index (χ0n) is 9.38. The second kappa shape index (κ2) is 5.30. The molecule has 2 aromatic rings. The van der Waals surface area contributed by atoms with E-state index in [1.54, 1.807) is 0 Å². The molecule has 0 bridgehead atoms. The molecule has 0 aliphatic carbocycles. The summed E-state index contributed by atoms with van der Waals surface area (Å²) in [5, 5.41) is 2.58. The number of methoxy groups -OCH3 is 1. The molecule has 0 aliphatic heterocycles. The summed E-state index contributed by atoms with van der Waals surface area (Å²) in [4.78, 5) is 3.83. The third-order valence-corrected chi connectivity index (χ3v) is 2.67. The van der Waals surface area contributed by atoms with Crippen molar-refractivity contribution in [3.8, 4) is 5.75 Å². The van der Waals surface area contributed by atoms with Crippen LogP contribution < -0.4 is 10.1 Å². The van der Waals surface area contributed by atoms with Gasteiger partial charge in [0.05, 0.1) is 12.8 Å². The summed E-state index contributed by atoms with van der Waals surface area (Å²) in [6.07, 6.45) is 1.42. The van der Waals surface area contributed by atoms with Crippen LogP contribution in [0, 0.1) is 11.6 Å². The molecule has 1 heterocycles. The minimum Gasteiger partial charge on any atom is -0.497 e. The summed E-state index contributed by atoms with van der Waals surface area (Å²) in [5.41, 5.74) is 0.100. The van der Waals surface area contributed by atoms with Gasteiger partial charge in [0.25, 0.3) is 0 Å². The standard InChI is InChI=1S/C12H9BrF2N2O/c1-18-8-2-3-9(14)11(5-8)17-12-10(15)4-7(13)6-16-12/h2-6H,1H3,(H,16,17). The van der Waals surface area contributed by atoms with Crippen molar-refractivity contribution in [2.75, 3.05) is 12.4 Å². The summed E-state index contributed by atoms with van der Waals surface area (Å²) in [7, 11) is 1.47. The van der Waals surface area contributed by atoms with Crippen LogP contribution in [0.15, 0.2) is 34.9 Å². The minimum absolute atomic E-state index is 0.0506. The van der Waals surface area contributed by atoms with Crippen LogP contribution in [-0.4, -0.2) is 12.1 Å². The average Bonchev–Trinajstić information content (AvgIpc) is 2.35. The molecule has 6 heteroatoms. The summed E-state index contributed by atoms with van der Waals surface area (Å²) in [6, 6.07) is 5.38. The third kappa shape index (κ3) is 2.76. The normalized spacial score (nSPS) is 10.2. The van der Waals surface area contributed by atoms with Crippen LogP contribution in [0.1, 0.15) is 0 Å². The lowest BCUT2D eigenvalue weighted by Crippen LogP contribution is -1.99. The molecule has 0 atom stereocenters. The quantitative estimate of drug-likeness (QED) is 0.933. The molecule has 3 nitrogen and oxygen atoms in total. The number of aromatic nitrogens is 1. The predicted octanol–water partition coefficient (Wildman–Crippen LogP) is 3.87. The number of hydrogen-bond donors (Lipinski definition) is 1. The molecule has 0 fully saturated rings. The highest BCUT2D eigenvalue weighted by Gasteiger charge is 2.09. The van der Waals surface area contributed by atoms with Crippen LogP contribution in [-0.2, 0) is 0 Å². The van der Waals surface area contributed by atoms with Crippen LogP contribution in [0.25, 0.3) is 0 Å². The van der Waals surface area contributed by atoms with Gasteiger partial charge in [0.2, 0.25) is 0 Å². The van der Waals surface area contributed by atoms with Gasteiger partial charge in [0.15, 0.2) is 11.6 Å². The smallest absolute Gasteiger partial charge is 0.166 e. The van der Waals surface area contributed by atoms with E-state index >= 15 is 0 Å². The Morgan fingerprint density at radius 1 is 1.22 bits per heavy atom. The molecule has 0 saturated heterocycles. The topological polar surface area (TPSA) is 34.1 Å². The number of anilines is 2. The molecular weight excluding hydrogens is 306 g/mol. The van der Waals surface area contributed by atoms with E-state index in [4.69, 9.17) is 4.74 Å². The molecule has 0 aliphatic rings. The maximum absolute atomic E-state index is 13.5. The van der Waals surface area contributed by atoms with Gasteiger partial charge in [0, 0.05) is 16.7 Å². The van der Waals surface area contributed by atoms with Crippen molar-refractivity contribution in [1.29, 1.82) is 0 Å². The van der Waals surface area contributed by atoms with Crippen LogP contribution in [0.4, 0.5) is 20.3 Å². The Bertz CT molecular complexity index is 578. The Labute approximate surface area is 111 Å². The number of hydrogen-bond acceptors (Lipinski definition) is 3. The van der Waals surface area contributed by atoms with E-state index in [-0.39, 0.29) is 11.5 Å². The van der Waals surface area contributed by atoms with Gasteiger partial charge in [-0.15, -0.1) is 0 Å². The molecule has 1 aromatic heterocycles. The fourth-order valence-electron chi connectivity index (χ4n) is 1.36. The van der Waals surface area contributed by atoms with Crippen LogP contribution in [0.5, 0.6) is 5.75 Å². The van der Waals surface area contributed by atoms with Gasteiger partial charge in [-0.2, -0.15) is 0 Å². The first-order valence-corrected chi connectivity index (χ1v) is 5.81. The Balaban J connectivity index is 2.33. The zero-order valence-corrected chi connectivity index (χ0v) is 11.0. The Morgan fingerprint density at radius 2 is 2.00 bits per heavy atom. The van der Waals surface area contributed by atoms with Crippen molar-refractivity contribution in [1.82, 2.24) is 4.98 Å². The molecule has 1 N–H and O–H groups in total. The van der Waals surface area contributed by atoms with Crippen molar-refractivity contribution < 1.29 is 13.5 Å². The lowest BCUT2D eigenvalue weighted by Gasteiger charge is -2.09. The number of halogens is 3. The van der Waals surface area contributed by atoms with E-state index in [1.807, 2.05) is 0 Å². The number of nitrogens with one attached hydrogen (secondary N) is 1. The lowest BCUT2D eigenvalue weighted by molar-refractivity contribution is 0.414. The van der Waals surface area contributed by atoms with E-state index in [1.165, 1.54) is 37.6 Å². The molecule has 0 amide bonds. The van der Waals surface area contributed by atoms with E-state index < -0.39 is 11.6 Å². The number of ether oxygens (including phenoxy) is 1. The number of rotatable bonds is 3. The van der Waals surface area contributed by atoms with Gasteiger partial charge in [-0.3, -0.25) is 0 Å². The van der Waals surface area contributed by atoms with Gasteiger partial charge >= 0.3 is 0 Å². The van der Waals surface area contributed by atoms with Crippen LogP contribution in [0.3, 0.4) is 0 Å². The number of nitrogens with zero attached hydrogens (tertiary/aromatic N) is 1. The zero-order chi connectivity index (χ0) is 13.1. The fourth-order valence-corrected chi connectivity index (χ4v) is 1.66. The maximum atomic E-state index is 13.5. The largest absolute Gasteiger partial charge is 0.497 e. The number of pyridine rings is 1. The Kier molecular flexibility index (Phi) is 3.76. The Hall–Kier alpha value is -1.69. The Morgan fingerprint density at radius 3 is 2.67 bits per heavy atom. The molecule has 0 radical (unpaired) electrons. The van der Waals surface area contributed by atoms with E-state index in [0.29, 0.717) is 10.2 Å². The molecule has 0 unspecified atom stereocenters. The van der Waals surface area contributed by atoms with Gasteiger partial charge in [0.1, 0.15) is 11.6 Å². The molecular formula is C12H9BrF2N2O. The van der Waals surface area contributed by atoms with Gasteiger partial charge in [-0.25, -0.2) is 13.8 Å². The second-order valence-corrected chi connectivity index (χ2v) is 4.37. The fraction of sp³-hybridized carbons (Fsp3) is 0.0833. The van der Waals surface area contributed by atoms with E-state index in [9.17, 15) is 8.78 Å². The molecule has 0 spiro atoms. The van der Waals surface area contributed by atoms with Crippen molar-refractivity contribution in [3.63, 3.8) is 0 Å². The highest BCUT2D eigenvalue weighted by atomic mass is 79.9.